The van der Waals surface area contributed by atoms with Gasteiger partial charge in [-0.25, -0.2) is 0 Å². The van der Waals surface area contributed by atoms with Gasteiger partial charge in [-0.05, 0) is 34.9 Å². The number of H-pyrrole nitrogens is 1. The second kappa shape index (κ2) is 7.93. The highest BCUT2D eigenvalue weighted by Gasteiger charge is 2.24. The number of benzene rings is 2. The maximum absolute atomic E-state index is 13.0. The molecule has 0 bridgehead atoms. The number of nitrogens with one attached hydrogen (secondary N) is 2. The van der Waals surface area contributed by atoms with E-state index in [9.17, 15) is 4.79 Å². The van der Waals surface area contributed by atoms with Gasteiger partial charge in [0.1, 0.15) is 0 Å². The van der Waals surface area contributed by atoms with Gasteiger partial charge in [-0.2, -0.15) is 5.10 Å². The van der Waals surface area contributed by atoms with Crippen molar-refractivity contribution in [3.8, 4) is 11.3 Å². The van der Waals surface area contributed by atoms with Gasteiger partial charge >= 0.3 is 0 Å². The van der Waals surface area contributed by atoms with Crippen LogP contribution < -0.4 is 5.32 Å². The average molecular weight is 395 g/mol. The lowest BCUT2D eigenvalue weighted by atomic mass is 10.0. The first-order valence-corrected chi connectivity index (χ1v) is 9.90. The van der Waals surface area contributed by atoms with Crippen molar-refractivity contribution in [2.24, 2.45) is 0 Å². The number of aromatic nitrogens is 3. The maximum Gasteiger partial charge on any atom is 0.256 e. The predicted octanol–water partition coefficient (Wildman–Crippen LogP) is 4.24. The number of pyridine rings is 1. The minimum Gasteiger partial charge on any atom is -0.321 e. The van der Waals surface area contributed by atoms with Crippen molar-refractivity contribution in [3.05, 3.63) is 102 Å². The van der Waals surface area contributed by atoms with E-state index < -0.39 is 0 Å². The molecule has 3 heterocycles. The Bertz CT molecular complexity index is 1150. The van der Waals surface area contributed by atoms with Crippen molar-refractivity contribution in [2.75, 3.05) is 5.32 Å². The number of anilines is 1. The molecule has 0 unspecified atom stereocenters. The van der Waals surface area contributed by atoms with E-state index in [0.717, 1.165) is 42.0 Å². The Balaban J connectivity index is 1.30. The Labute approximate surface area is 174 Å². The lowest BCUT2D eigenvalue weighted by Gasteiger charge is -2.15. The molecule has 0 spiro atoms. The number of carbonyl (C=O) groups excluding carboxylic acids is 1. The zero-order valence-electron chi connectivity index (χ0n) is 16.4. The van der Waals surface area contributed by atoms with Crippen LogP contribution >= 0.6 is 0 Å². The van der Waals surface area contributed by atoms with Crippen LogP contribution in [0, 0.1) is 0 Å². The number of rotatable bonds is 5. The van der Waals surface area contributed by atoms with Gasteiger partial charge in [-0.1, -0.05) is 42.5 Å². The number of amides is 1. The van der Waals surface area contributed by atoms with Crippen LogP contribution in [0.5, 0.6) is 0 Å². The largest absolute Gasteiger partial charge is 0.321 e. The number of hydrogen-bond donors (Lipinski definition) is 2. The Hall–Kier alpha value is -3.77. The van der Waals surface area contributed by atoms with Crippen molar-refractivity contribution >= 4 is 11.6 Å². The quantitative estimate of drug-likeness (QED) is 0.530. The van der Waals surface area contributed by atoms with Gasteiger partial charge in [-0.3, -0.25) is 19.8 Å². The molecule has 4 aromatic rings. The summed E-state index contributed by atoms with van der Waals surface area (Å²) in [6, 6.07) is 20.1. The summed E-state index contributed by atoms with van der Waals surface area (Å²) >= 11 is 0. The molecule has 148 valence electrons. The van der Waals surface area contributed by atoms with E-state index >= 15 is 0 Å². The summed E-state index contributed by atoms with van der Waals surface area (Å²) in [5.74, 6) is -0.105. The van der Waals surface area contributed by atoms with Crippen molar-refractivity contribution in [1.82, 2.24) is 20.1 Å². The standard InChI is InChI=1S/C24H21N5O/c30-24(28-20-9-10-23(25-13-20)19-11-26-27-12-19)21-8-4-7-18-15-29(16-22(18)21)14-17-5-2-1-3-6-17/h1-13H,14-16H2,(H,26,27)(H,28,30). The van der Waals surface area contributed by atoms with Gasteiger partial charge in [0.05, 0.1) is 23.8 Å². The van der Waals surface area contributed by atoms with Crippen molar-refractivity contribution < 1.29 is 4.79 Å². The summed E-state index contributed by atoms with van der Waals surface area (Å²) in [6.07, 6.45) is 5.18. The molecule has 2 aromatic heterocycles. The van der Waals surface area contributed by atoms with E-state index in [1.807, 2.05) is 30.3 Å². The van der Waals surface area contributed by atoms with Gasteiger partial charge in [0.15, 0.2) is 0 Å². The smallest absolute Gasteiger partial charge is 0.256 e. The van der Waals surface area contributed by atoms with Crippen molar-refractivity contribution in [2.45, 2.75) is 19.6 Å². The van der Waals surface area contributed by atoms with Crippen LogP contribution in [0.4, 0.5) is 5.69 Å². The van der Waals surface area contributed by atoms with Crippen LogP contribution in [0.2, 0.25) is 0 Å². The molecule has 6 heteroatoms. The highest BCUT2D eigenvalue weighted by atomic mass is 16.1. The van der Waals surface area contributed by atoms with Crippen molar-refractivity contribution in [1.29, 1.82) is 0 Å². The average Bonchev–Trinajstić information content (AvgIpc) is 3.44. The van der Waals surface area contributed by atoms with Gasteiger partial charge in [0.2, 0.25) is 0 Å². The molecule has 2 N–H and O–H groups in total. The normalized spacial score (nSPS) is 13.2. The lowest BCUT2D eigenvalue weighted by Crippen LogP contribution is -2.17. The molecular weight excluding hydrogens is 374 g/mol. The minimum atomic E-state index is -0.105. The third-order valence-electron chi connectivity index (χ3n) is 5.36. The van der Waals surface area contributed by atoms with E-state index in [-0.39, 0.29) is 5.91 Å². The van der Waals surface area contributed by atoms with E-state index in [2.05, 4.69) is 55.7 Å². The number of nitrogens with zero attached hydrogens (tertiary/aromatic N) is 3. The molecule has 0 fully saturated rings. The molecule has 0 saturated heterocycles. The minimum absolute atomic E-state index is 0.105. The van der Waals surface area contributed by atoms with E-state index in [0.29, 0.717) is 5.69 Å². The zero-order valence-corrected chi connectivity index (χ0v) is 16.4. The summed E-state index contributed by atoms with van der Waals surface area (Å²) in [5.41, 5.74) is 6.71. The Morgan fingerprint density at radius 3 is 2.67 bits per heavy atom. The Morgan fingerprint density at radius 2 is 1.90 bits per heavy atom. The van der Waals surface area contributed by atoms with Crippen LogP contribution in [-0.2, 0) is 19.6 Å². The molecule has 0 atom stereocenters. The SMILES string of the molecule is O=C(Nc1ccc(-c2cn[nH]c2)nc1)c1cccc2c1CN(Cc1ccccc1)C2. The molecule has 6 nitrogen and oxygen atoms in total. The van der Waals surface area contributed by atoms with Crippen LogP contribution in [0.1, 0.15) is 27.0 Å². The number of fused-ring (bicyclic) bond motifs is 1. The first kappa shape index (κ1) is 18.3. The summed E-state index contributed by atoms with van der Waals surface area (Å²) in [5, 5.41) is 9.69. The van der Waals surface area contributed by atoms with E-state index in [1.54, 1.807) is 18.6 Å². The third-order valence-corrected chi connectivity index (χ3v) is 5.36. The topological polar surface area (TPSA) is 73.9 Å². The molecule has 2 aromatic carbocycles. The first-order valence-electron chi connectivity index (χ1n) is 9.90. The van der Waals surface area contributed by atoms with Crippen LogP contribution in [-0.4, -0.2) is 26.0 Å². The zero-order chi connectivity index (χ0) is 20.3. The molecule has 0 saturated carbocycles. The monoisotopic (exact) mass is 395 g/mol. The Morgan fingerprint density at radius 1 is 1.00 bits per heavy atom. The molecule has 1 aliphatic heterocycles. The fourth-order valence-corrected chi connectivity index (χ4v) is 3.88. The van der Waals surface area contributed by atoms with Gasteiger partial charge in [0, 0.05) is 37.0 Å². The fraction of sp³-hybridized carbons (Fsp3) is 0.125. The number of hydrogen-bond acceptors (Lipinski definition) is 4. The van der Waals surface area contributed by atoms with Crippen LogP contribution in [0.25, 0.3) is 11.3 Å². The number of aromatic amines is 1. The second-order valence-electron chi connectivity index (χ2n) is 7.45. The number of carbonyl (C=O) groups is 1. The van der Waals surface area contributed by atoms with Crippen molar-refractivity contribution in [3.63, 3.8) is 0 Å². The third kappa shape index (κ3) is 3.73. The van der Waals surface area contributed by atoms with Gasteiger partial charge in [-0.15, -0.1) is 0 Å². The lowest BCUT2D eigenvalue weighted by molar-refractivity contribution is 0.102. The summed E-state index contributed by atoms with van der Waals surface area (Å²) < 4.78 is 0. The molecule has 0 radical (unpaired) electrons. The first-order chi connectivity index (χ1) is 14.8. The summed E-state index contributed by atoms with van der Waals surface area (Å²) in [4.78, 5) is 19.8. The Kier molecular flexibility index (Phi) is 4.83. The van der Waals surface area contributed by atoms with Gasteiger partial charge in [0.25, 0.3) is 5.91 Å². The van der Waals surface area contributed by atoms with Crippen LogP contribution in [0.3, 0.4) is 0 Å². The van der Waals surface area contributed by atoms with E-state index in [4.69, 9.17) is 0 Å². The highest BCUT2D eigenvalue weighted by Crippen LogP contribution is 2.28. The van der Waals surface area contributed by atoms with Gasteiger partial charge < -0.3 is 5.32 Å². The molecular formula is C24H21N5O. The second-order valence-corrected chi connectivity index (χ2v) is 7.45. The molecule has 1 amide bonds. The van der Waals surface area contributed by atoms with E-state index in [1.165, 1.54) is 11.1 Å². The predicted molar refractivity (Wildman–Crippen MR) is 116 cm³/mol. The summed E-state index contributed by atoms with van der Waals surface area (Å²) in [6.45, 7) is 2.49. The fourth-order valence-electron chi connectivity index (χ4n) is 3.88. The highest BCUT2D eigenvalue weighted by molar-refractivity contribution is 6.05. The molecule has 1 aliphatic rings. The maximum atomic E-state index is 13.0. The molecule has 5 rings (SSSR count). The van der Waals surface area contributed by atoms with Crippen LogP contribution in [0.15, 0.2) is 79.3 Å². The molecule has 0 aliphatic carbocycles. The summed E-state index contributed by atoms with van der Waals surface area (Å²) in [7, 11) is 0. The molecule has 30 heavy (non-hydrogen) atoms.